The second-order valence-electron chi connectivity index (χ2n) is 7.55. The number of likely N-dealkylation sites (tertiary alicyclic amines) is 1. The van der Waals surface area contributed by atoms with Crippen molar-refractivity contribution >= 4 is 21.8 Å². The highest BCUT2D eigenvalue weighted by molar-refractivity contribution is 9.10. The normalized spacial score (nSPS) is 16.6. The fraction of sp³-hybridized carbons (Fsp3) is 0.476. The van der Waals surface area contributed by atoms with Crippen LogP contribution in [0.15, 0.2) is 45.3 Å². The summed E-state index contributed by atoms with van der Waals surface area (Å²) in [6.07, 6.45) is 2.41. The Morgan fingerprint density at radius 1 is 1.19 bits per heavy atom. The highest BCUT2D eigenvalue weighted by atomic mass is 79.9. The highest BCUT2D eigenvalue weighted by Gasteiger charge is 2.32. The van der Waals surface area contributed by atoms with Crippen molar-refractivity contribution in [3.8, 4) is 0 Å². The van der Waals surface area contributed by atoms with E-state index in [1.165, 1.54) is 12.8 Å². The van der Waals surface area contributed by atoms with Gasteiger partial charge >= 0.3 is 0 Å². The number of halogens is 1. The molecule has 0 saturated carbocycles. The molecule has 1 fully saturated rings. The molecule has 2 aromatic rings. The standard InChI is InChI=1S/C21H27BrN2O2/c1-15-6-11-19(26-15)18(24-12-4-5-13-24)14-23-20(25)21(2,3)16-7-9-17(22)10-8-16/h6-11,18H,4-5,12-14H2,1-3H3,(H,23,25). The molecular formula is C21H27BrN2O2. The van der Waals surface area contributed by atoms with Gasteiger partial charge in [-0.05, 0) is 76.5 Å². The number of nitrogens with zero attached hydrogens (tertiary/aromatic N) is 1. The fourth-order valence-electron chi connectivity index (χ4n) is 3.50. The average Bonchev–Trinajstić information content (AvgIpc) is 3.28. The van der Waals surface area contributed by atoms with E-state index < -0.39 is 5.41 Å². The smallest absolute Gasteiger partial charge is 0.230 e. The Morgan fingerprint density at radius 3 is 2.42 bits per heavy atom. The van der Waals surface area contributed by atoms with Crippen LogP contribution in [0.3, 0.4) is 0 Å². The van der Waals surface area contributed by atoms with Gasteiger partial charge in [-0.2, -0.15) is 0 Å². The Balaban J connectivity index is 1.71. The van der Waals surface area contributed by atoms with E-state index in [1.54, 1.807) is 0 Å². The first kappa shape index (κ1) is 19.2. The lowest BCUT2D eigenvalue weighted by Crippen LogP contribution is -2.44. The van der Waals surface area contributed by atoms with Crippen LogP contribution in [-0.2, 0) is 10.2 Å². The zero-order valence-electron chi connectivity index (χ0n) is 15.7. The molecule has 4 nitrogen and oxygen atoms in total. The van der Waals surface area contributed by atoms with E-state index in [0.29, 0.717) is 6.54 Å². The van der Waals surface area contributed by atoms with Crippen molar-refractivity contribution in [2.24, 2.45) is 0 Å². The van der Waals surface area contributed by atoms with E-state index in [1.807, 2.05) is 57.2 Å². The van der Waals surface area contributed by atoms with Crippen molar-refractivity contribution in [2.75, 3.05) is 19.6 Å². The first-order chi connectivity index (χ1) is 12.4. The van der Waals surface area contributed by atoms with Crippen LogP contribution in [0.5, 0.6) is 0 Å². The molecule has 5 heteroatoms. The van der Waals surface area contributed by atoms with Crippen LogP contribution in [-0.4, -0.2) is 30.4 Å². The number of furan rings is 1. The van der Waals surface area contributed by atoms with E-state index >= 15 is 0 Å². The SMILES string of the molecule is Cc1ccc(C(CNC(=O)C(C)(C)c2ccc(Br)cc2)N2CCCC2)o1. The maximum atomic E-state index is 12.9. The molecular weight excluding hydrogens is 392 g/mol. The molecule has 2 heterocycles. The van der Waals surface area contributed by atoms with Crippen LogP contribution in [0.4, 0.5) is 0 Å². The van der Waals surface area contributed by atoms with Gasteiger partial charge in [0.05, 0.1) is 11.5 Å². The molecule has 1 aliphatic heterocycles. The van der Waals surface area contributed by atoms with Gasteiger partial charge in [0, 0.05) is 11.0 Å². The number of benzene rings is 1. The topological polar surface area (TPSA) is 45.5 Å². The van der Waals surface area contributed by atoms with Gasteiger partial charge in [-0.15, -0.1) is 0 Å². The average molecular weight is 419 g/mol. The van der Waals surface area contributed by atoms with Gasteiger partial charge in [0.15, 0.2) is 0 Å². The summed E-state index contributed by atoms with van der Waals surface area (Å²) in [4.78, 5) is 15.3. The number of aryl methyl sites for hydroxylation is 1. The minimum atomic E-state index is -0.588. The van der Waals surface area contributed by atoms with Gasteiger partial charge in [0.1, 0.15) is 11.5 Å². The third kappa shape index (κ3) is 4.21. The number of carbonyl (C=O) groups excluding carboxylic acids is 1. The Kier molecular flexibility index (Phi) is 5.88. The van der Waals surface area contributed by atoms with Crippen LogP contribution in [0, 0.1) is 6.92 Å². The molecule has 1 unspecified atom stereocenters. The molecule has 1 amide bonds. The molecule has 1 atom stereocenters. The van der Waals surface area contributed by atoms with Crippen molar-refractivity contribution in [1.82, 2.24) is 10.2 Å². The van der Waals surface area contributed by atoms with Crippen molar-refractivity contribution in [1.29, 1.82) is 0 Å². The number of nitrogens with one attached hydrogen (secondary N) is 1. The highest BCUT2D eigenvalue weighted by Crippen LogP contribution is 2.28. The zero-order valence-corrected chi connectivity index (χ0v) is 17.3. The van der Waals surface area contributed by atoms with E-state index in [9.17, 15) is 4.79 Å². The summed E-state index contributed by atoms with van der Waals surface area (Å²) in [5.41, 5.74) is 0.416. The van der Waals surface area contributed by atoms with Crippen LogP contribution >= 0.6 is 15.9 Å². The van der Waals surface area contributed by atoms with Crippen molar-refractivity contribution in [3.63, 3.8) is 0 Å². The number of hydrogen-bond acceptors (Lipinski definition) is 3. The number of hydrogen-bond donors (Lipinski definition) is 1. The second kappa shape index (κ2) is 7.97. The van der Waals surface area contributed by atoms with Gasteiger partial charge < -0.3 is 9.73 Å². The lowest BCUT2D eigenvalue weighted by Gasteiger charge is -2.29. The van der Waals surface area contributed by atoms with Crippen molar-refractivity contribution < 1.29 is 9.21 Å². The summed E-state index contributed by atoms with van der Waals surface area (Å²) in [5, 5.41) is 3.17. The molecule has 1 N–H and O–H groups in total. The molecule has 1 saturated heterocycles. The monoisotopic (exact) mass is 418 g/mol. The molecule has 0 spiro atoms. The van der Waals surface area contributed by atoms with Crippen LogP contribution in [0.1, 0.15) is 49.8 Å². The predicted octanol–water partition coefficient (Wildman–Crippen LogP) is 4.58. The predicted molar refractivity (Wildman–Crippen MR) is 107 cm³/mol. The van der Waals surface area contributed by atoms with Gasteiger partial charge in [-0.3, -0.25) is 9.69 Å². The fourth-order valence-corrected chi connectivity index (χ4v) is 3.77. The first-order valence-electron chi connectivity index (χ1n) is 9.22. The number of rotatable bonds is 6. The maximum absolute atomic E-state index is 12.9. The molecule has 3 rings (SSSR count). The molecule has 0 aliphatic carbocycles. The van der Waals surface area contributed by atoms with Gasteiger partial charge in [0.25, 0.3) is 0 Å². The molecule has 1 aromatic heterocycles. The summed E-state index contributed by atoms with van der Waals surface area (Å²) in [6.45, 7) is 8.55. The van der Waals surface area contributed by atoms with Gasteiger partial charge in [-0.1, -0.05) is 28.1 Å². The Hall–Kier alpha value is -1.59. The number of carbonyl (C=O) groups is 1. The van der Waals surface area contributed by atoms with Crippen LogP contribution in [0.2, 0.25) is 0 Å². The molecule has 1 aliphatic rings. The first-order valence-corrected chi connectivity index (χ1v) is 10.0. The zero-order chi connectivity index (χ0) is 18.7. The summed E-state index contributed by atoms with van der Waals surface area (Å²) in [6, 6.07) is 12.1. The van der Waals surface area contributed by atoms with Gasteiger partial charge in [0.2, 0.25) is 5.91 Å². The lowest BCUT2D eigenvalue weighted by atomic mass is 9.83. The minimum absolute atomic E-state index is 0.0345. The molecule has 0 bridgehead atoms. The van der Waals surface area contributed by atoms with E-state index in [2.05, 4.69) is 26.1 Å². The molecule has 26 heavy (non-hydrogen) atoms. The van der Waals surface area contributed by atoms with Crippen LogP contribution < -0.4 is 5.32 Å². The second-order valence-corrected chi connectivity index (χ2v) is 8.46. The summed E-state index contributed by atoms with van der Waals surface area (Å²) in [7, 11) is 0. The van der Waals surface area contributed by atoms with Gasteiger partial charge in [-0.25, -0.2) is 0 Å². The van der Waals surface area contributed by atoms with E-state index in [4.69, 9.17) is 4.42 Å². The third-order valence-electron chi connectivity index (χ3n) is 5.26. The quantitative estimate of drug-likeness (QED) is 0.746. The summed E-state index contributed by atoms with van der Waals surface area (Å²) < 4.78 is 6.89. The molecule has 140 valence electrons. The summed E-state index contributed by atoms with van der Waals surface area (Å²) in [5.74, 6) is 1.88. The van der Waals surface area contributed by atoms with E-state index in [0.717, 1.165) is 34.6 Å². The Morgan fingerprint density at radius 2 is 1.85 bits per heavy atom. The summed E-state index contributed by atoms with van der Waals surface area (Å²) >= 11 is 3.45. The van der Waals surface area contributed by atoms with Crippen molar-refractivity contribution in [2.45, 2.75) is 45.1 Å². The largest absolute Gasteiger partial charge is 0.465 e. The molecule has 0 radical (unpaired) electrons. The molecule has 1 aromatic carbocycles. The Bertz CT molecular complexity index is 746. The maximum Gasteiger partial charge on any atom is 0.230 e. The number of amides is 1. The third-order valence-corrected chi connectivity index (χ3v) is 5.79. The van der Waals surface area contributed by atoms with Crippen molar-refractivity contribution in [3.05, 3.63) is 58.0 Å². The van der Waals surface area contributed by atoms with Crippen LogP contribution in [0.25, 0.3) is 0 Å². The minimum Gasteiger partial charge on any atom is -0.465 e. The lowest BCUT2D eigenvalue weighted by molar-refractivity contribution is -0.125. The van der Waals surface area contributed by atoms with E-state index in [-0.39, 0.29) is 11.9 Å². The Labute approximate surface area is 164 Å².